The molecule has 1 amide bonds. The van der Waals surface area contributed by atoms with Gasteiger partial charge in [-0.15, -0.1) is 0 Å². The highest BCUT2D eigenvalue weighted by atomic mass is 32.1. The molecule has 1 N–H and O–H groups in total. The molecule has 0 unspecified atom stereocenters. The zero-order valence-corrected chi connectivity index (χ0v) is 12.1. The van der Waals surface area contributed by atoms with Gasteiger partial charge in [-0.1, -0.05) is 18.2 Å². The van der Waals surface area contributed by atoms with Gasteiger partial charge in [-0.05, 0) is 36.4 Å². The molecule has 1 aromatic heterocycles. The first kappa shape index (κ1) is 13.2. The van der Waals surface area contributed by atoms with Gasteiger partial charge < -0.3 is 10.2 Å². The smallest absolute Gasteiger partial charge is 0.252 e. The Bertz CT molecular complexity index is 553. The Hall–Kier alpha value is -1.81. The molecule has 3 nitrogen and oxygen atoms in total. The Morgan fingerprint density at radius 3 is 2.90 bits per heavy atom. The number of anilines is 1. The molecule has 0 radical (unpaired) electrons. The summed E-state index contributed by atoms with van der Waals surface area (Å²) in [6, 6.07) is 12.7. The molecule has 2 aromatic rings. The number of benzene rings is 1. The van der Waals surface area contributed by atoms with Crippen LogP contribution in [0.3, 0.4) is 0 Å². The molecular formula is C16H18N2OS. The van der Waals surface area contributed by atoms with Crippen molar-refractivity contribution in [3.05, 3.63) is 52.7 Å². The highest BCUT2D eigenvalue weighted by Gasteiger charge is 2.25. The minimum Gasteiger partial charge on any atom is -0.367 e. The van der Waals surface area contributed by atoms with Crippen LogP contribution in [-0.2, 0) is 0 Å². The van der Waals surface area contributed by atoms with Gasteiger partial charge in [0.15, 0.2) is 0 Å². The van der Waals surface area contributed by atoms with Crippen LogP contribution in [0.5, 0.6) is 0 Å². The van der Waals surface area contributed by atoms with E-state index in [2.05, 4.69) is 34.5 Å². The number of nitrogens with zero attached hydrogens (tertiary/aromatic N) is 1. The summed E-state index contributed by atoms with van der Waals surface area (Å²) in [6.45, 7) is 1.78. The molecule has 1 fully saturated rings. The van der Waals surface area contributed by atoms with E-state index < -0.39 is 0 Å². The molecular weight excluding hydrogens is 268 g/mol. The van der Waals surface area contributed by atoms with E-state index in [9.17, 15) is 4.79 Å². The zero-order valence-electron chi connectivity index (χ0n) is 11.3. The number of hydrogen-bond acceptors (Lipinski definition) is 3. The lowest BCUT2D eigenvalue weighted by molar-refractivity contribution is 0.0952. The van der Waals surface area contributed by atoms with Gasteiger partial charge in [0, 0.05) is 35.8 Å². The van der Waals surface area contributed by atoms with Crippen LogP contribution in [-0.4, -0.2) is 25.0 Å². The van der Waals surface area contributed by atoms with Crippen molar-refractivity contribution >= 4 is 22.9 Å². The molecule has 1 aliphatic rings. The van der Waals surface area contributed by atoms with Gasteiger partial charge in [0.05, 0.1) is 0 Å². The zero-order chi connectivity index (χ0) is 13.8. The normalized spacial score (nSPS) is 18.2. The van der Waals surface area contributed by atoms with Crippen LogP contribution < -0.4 is 10.2 Å². The topological polar surface area (TPSA) is 32.3 Å². The fourth-order valence-electron chi connectivity index (χ4n) is 2.71. The predicted molar refractivity (Wildman–Crippen MR) is 83.5 cm³/mol. The largest absolute Gasteiger partial charge is 0.367 e. The standard InChI is InChI=1S/C16H18N2OS/c19-16(13-8-10-20-12-13)17-11-15-7-4-9-18(15)14-5-2-1-3-6-14/h1-3,5-6,8,10,12,15H,4,7,9,11H2,(H,17,19)/t15-/m1/s1. The molecule has 2 heterocycles. The molecule has 1 aliphatic heterocycles. The monoisotopic (exact) mass is 286 g/mol. The molecule has 104 valence electrons. The van der Waals surface area contributed by atoms with E-state index >= 15 is 0 Å². The van der Waals surface area contributed by atoms with E-state index in [-0.39, 0.29) is 5.91 Å². The number of hydrogen-bond donors (Lipinski definition) is 1. The van der Waals surface area contributed by atoms with Crippen molar-refractivity contribution in [2.45, 2.75) is 18.9 Å². The predicted octanol–water partition coefficient (Wildman–Crippen LogP) is 3.15. The number of amides is 1. The number of nitrogens with one attached hydrogen (secondary N) is 1. The van der Waals surface area contributed by atoms with Crippen LogP contribution in [0.2, 0.25) is 0 Å². The third-order valence-corrected chi connectivity index (χ3v) is 4.43. The first-order valence-corrected chi connectivity index (χ1v) is 7.91. The van der Waals surface area contributed by atoms with E-state index in [1.165, 1.54) is 12.1 Å². The molecule has 0 bridgehead atoms. The van der Waals surface area contributed by atoms with Crippen molar-refractivity contribution in [3.63, 3.8) is 0 Å². The van der Waals surface area contributed by atoms with Crippen molar-refractivity contribution in [3.8, 4) is 0 Å². The number of carbonyl (C=O) groups excluding carboxylic acids is 1. The van der Waals surface area contributed by atoms with Crippen LogP contribution in [0, 0.1) is 0 Å². The van der Waals surface area contributed by atoms with Crippen molar-refractivity contribution in [2.24, 2.45) is 0 Å². The molecule has 0 spiro atoms. The SMILES string of the molecule is O=C(NC[C@H]1CCCN1c1ccccc1)c1ccsc1. The van der Waals surface area contributed by atoms with Gasteiger partial charge in [-0.3, -0.25) is 4.79 Å². The summed E-state index contributed by atoms with van der Waals surface area (Å²) >= 11 is 1.55. The van der Waals surface area contributed by atoms with Crippen LogP contribution in [0.25, 0.3) is 0 Å². The molecule has 0 aliphatic carbocycles. The Kier molecular flexibility index (Phi) is 4.02. The van der Waals surface area contributed by atoms with Crippen molar-refractivity contribution in [1.29, 1.82) is 0 Å². The van der Waals surface area contributed by atoms with Crippen molar-refractivity contribution in [2.75, 3.05) is 18.0 Å². The molecule has 4 heteroatoms. The highest BCUT2D eigenvalue weighted by Crippen LogP contribution is 2.24. The van der Waals surface area contributed by atoms with E-state index in [4.69, 9.17) is 0 Å². The van der Waals surface area contributed by atoms with E-state index in [1.54, 1.807) is 11.3 Å². The van der Waals surface area contributed by atoms with Crippen LogP contribution in [0.1, 0.15) is 23.2 Å². The molecule has 1 aromatic carbocycles. The van der Waals surface area contributed by atoms with E-state index in [0.29, 0.717) is 12.6 Å². The van der Waals surface area contributed by atoms with Gasteiger partial charge >= 0.3 is 0 Å². The summed E-state index contributed by atoms with van der Waals surface area (Å²) in [5.74, 6) is 0.0335. The number of para-hydroxylation sites is 1. The minimum absolute atomic E-state index is 0.0335. The molecule has 20 heavy (non-hydrogen) atoms. The maximum Gasteiger partial charge on any atom is 0.252 e. The summed E-state index contributed by atoms with van der Waals surface area (Å²) < 4.78 is 0. The van der Waals surface area contributed by atoms with Crippen LogP contribution in [0.4, 0.5) is 5.69 Å². The van der Waals surface area contributed by atoms with Crippen LogP contribution in [0.15, 0.2) is 47.2 Å². The van der Waals surface area contributed by atoms with Crippen LogP contribution >= 0.6 is 11.3 Å². The number of carbonyl (C=O) groups is 1. The fraction of sp³-hybridized carbons (Fsp3) is 0.312. The van der Waals surface area contributed by atoms with Gasteiger partial charge in [-0.25, -0.2) is 0 Å². The van der Waals surface area contributed by atoms with E-state index in [1.807, 2.05) is 22.9 Å². The van der Waals surface area contributed by atoms with Gasteiger partial charge in [0.25, 0.3) is 5.91 Å². The Morgan fingerprint density at radius 1 is 1.30 bits per heavy atom. The molecule has 3 rings (SSSR count). The third kappa shape index (κ3) is 2.85. The average molecular weight is 286 g/mol. The quantitative estimate of drug-likeness (QED) is 0.936. The lowest BCUT2D eigenvalue weighted by Gasteiger charge is -2.27. The molecule has 0 saturated carbocycles. The summed E-state index contributed by atoms with van der Waals surface area (Å²) in [7, 11) is 0. The summed E-state index contributed by atoms with van der Waals surface area (Å²) in [4.78, 5) is 14.4. The van der Waals surface area contributed by atoms with Crippen molar-refractivity contribution in [1.82, 2.24) is 5.32 Å². The van der Waals surface area contributed by atoms with Gasteiger partial charge in [0.1, 0.15) is 0 Å². The number of thiophene rings is 1. The first-order chi connectivity index (χ1) is 9.84. The number of rotatable bonds is 4. The average Bonchev–Trinajstić information content (AvgIpc) is 3.17. The second-order valence-electron chi connectivity index (χ2n) is 5.05. The van der Waals surface area contributed by atoms with E-state index in [0.717, 1.165) is 18.5 Å². The maximum atomic E-state index is 12.0. The first-order valence-electron chi connectivity index (χ1n) is 6.96. The third-order valence-electron chi connectivity index (χ3n) is 3.75. The fourth-order valence-corrected chi connectivity index (χ4v) is 3.35. The van der Waals surface area contributed by atoms with Gasteiger partial charge in [0.2, 0.25) is 0 Å². The second kappa shape index (κ2) is 6.09. The summed E-state index contributed by atoms with van der Waals surface area (Å²) in [6.07, 6.45) is 2.33. The minimum atomic E-state index is 0.0335. The second-order valence-corrected chi connectivity index (χ2v) is 5.83. The van der Waals surface area contributed by atoms with Crippen molar-refractivity contribution < 1.29 is 4.79 Å². The summed E-state index contributed by atoms with van der Waals surface area (Å²) in [5, 5.41) is 6.87. The Labute approximate surface area is 123 Å². The lowest BCUT2D eigenvalue weighted by atomic mass is 10.2. The Balaban J connectivity index is 1.61. The highest BCUT2D eigenvalue weighted by molar-refractivity contribution is 7.08. The molecule has 1 saturated heterocycles. The van der Waals surface area contributed by atoms with Gasteiger partial charge in [-0.2, -0.15) is 11.3 Å². The summed E-state index contributed by atoms with van der Waals surface area (Å²) in [5.41, 5.74) is 2.01. The maximum absolute atomic E-state index is 12.0. The molecule has 1 atom stereocenters. The Morgan fingerprint density at radius 2 is 2.15 bits per heavy atom. The lowest BCUT2D eigenvalue weighted by Crippen LogP contribution is -2.40.